The second kappa shape index (κ2) is 8.42. The average Bonchev–Trinajstić information content (AvgIpc) is 3.44. The molecule has 33 heavy (non-hydrogen) atoms. The number of nitrogens with zero attached hydrogens (tertiary/aromatic N) is 5. The van der Waals surface area contributed by atoms with Crippen molar-refractivity contribution < 1.29 is 14.7 Å². The van der Waals surface area contributed by atoms with Crippen LogP contribution in [0.25, 0.3) is 11.5 Å². The Labute approximate surface area is 192 Å². The molecule has 0 spiro atoms. The topological polar surface area (TPSA) is 101 Å². The molecule has 1 fully saturated rings. The van der Waals surface area contributed by atoms with Crippen molar-refractivity contribution in [1.29, 1.82) is 0 Å². The number of rotatable bonds is 5. The maximum absolute atomic E-state index is 13.3. The molecule has 3 aromatic rings. The molecule has 1 saturated carbocycles. The summed E-state index contributed by atoms with van der Waals surface area (Å²) >= 11 is 0. The fraction of sp³-hybridized carbons (Fsp3) is 0.400. The lowest BCUT2D eigenvalue weighted by Crippen LogP contribution is -2.24. The van der Waals surface area contributed by atoms with Crippen LogP contribution in [0.1, 0.15) is 73.0 Å². The summed E-state index contributed by atoms with van der Waals surface area (Å²) in [6.07, 6.45) is 4.91. The molecule has 1 aliphatic carbocycles. The van der Waals surface area contributed by atoms with Crippen molar-refractivity contribution in [2.45, 2.75) is 58.0 Å². The number of anilines is 1. The number of carbonyl (C=O) groups excluding carboxylic acids is 1. The van der Waals surface area contributed by atoms with Crippen LogP contribution in [0.5, 0.6) is 0 Å². The largest absolute Gasteiger partial charge is 0.481 e. The van der Waals surface area contributed by atoms with Gasteiger partial charge in [0.05, 0.1) is 12.5 Å². The third-order valence-corrected chi connectivity index (χ3v) is 6.80. The van der Waals surface area contributed by atoms with Gasteiger partial charge in [0.1, 0.15) is 17.8 Å². The van der Waals surface area contributed by atoms with Gasteiger partial charge in [-0.25, -0.2) is 4.98 Å². The first-order valence-electron chi connectivity index (χ1n) is 11.5. The van der Waals surface area contributed by atoms with E-state index in [1.807, 2.05) is 34.9 Å². The second-order valence-electron chi connectivity index (χ2n) is 9.24. The zero-order chi connectivity index (χ0) is 23.1. The Balaban J connectivity index is 1.41. The van der Waals surface area contributed by atoms with Gasteiger partial charge in [0.25, 0.3) is 5.91 Å². The third-order valence-electron chi connectivity index (χ3n) is 6.80. The summed E-state index contributed by atoms with van der Waals surface area (Å²) < 4.78 is 1.95. The standard InChI is InChI=1S/C25H27N5O3/c1-15(2)30-14-26-28-23(30)21-7-4-8-22(27-21)29-13-19-10-9-17(12-20(19)24(29)31)16-5-3-6-18(11-16)25(32)33/h4,7-10,12,14-16,18H,3,5-6,11,13H2,1-2H3,(H,32,33). The minimum Gasteiger partial charge on any atom is -0.481 e. The monoisotopic (exact) mass is 445 g/mol. The van der Waals surface area contributed by atoms with Crippen molar-refractivity contribution in [3.63, 3.8) is 0 Å². The second-order valence-corrected chi connectivity index (χ2v) is 9.24. The molecular weight excluding hydrogens is 418 g/mol. The number of carboxylic acids is 1. The molecule has 0 bridgehead atoms. The summed E-state index contributed by atoms with van der Waals surface area (Å²) in [6, 6.07) is 11.8. The first-order chi connectivity index (χ1) is 15.9. The molecule has 3 heterocycles. The van der Waals surface area contributed by atoms with Crippen LogP contribution in [-0.4, -0.2) is 36.7 Å². The van der Waals surface area contributed by atoms with Crippen molar-refractivity contribution in [2.24, 2.45) is 5.92 Å². The van der Waals surface area contributed by atoms with Crippen LogP contribution < -0.4 is 4.90 Å². The lowest BCUT2D eigenvalue weighted by atomic mass is 9.77. The summed E-state index contributed by atoms with van der Waals surface area (Å²) in [5.41, 5.74) is 3.38. The van der Waals surface area contributed by atoms with Crippen molar-refractivity contribution in [3.8, 4) is 11.5 Å². The predicted molar refractivity (Wildman–Crippen MR) is 123 cm³/mol. The molecule has 0 saturated heterocycles. The molecule has 2 unspecified atom stereocenters. The van der Waals surface area contributed by atoms with Gasteiger partial charge in [-0.1, -0.05) is 24.6 Å². The zero-order valence-electron chi connectivity index (χ0n) is 18.8. The highest BCUT2D eigenvalue weighted by molar-refractivity contribution is 6.09. The summed E-state index contributed by atoms with van der Waals surface area (Å²) in [5.74, 6) is 0.329. The van der Waals surface area contributed by atoms with E-state index in [1.165, 1.54) is 0 Å². The van der Waals surface area contributed by atoms with Gasteiger partial charge in [-0.2, -0.15) is 0 Å². The molecule has 0 radical (unpaired) electrons. The van der Waals surface area contributed by atoms with E-state index in [-0.39, 0.29) is 23.8 Å². The van der Waals surface area contributed by atoms with Gasteiger partial charge in [0, 0.05) is 11.6 Å². The van der Waals surface area contributed by atoms with E-state index in [4.69, 9.17) is 4.98 Å². The Hall–Kier alpha value is -3.55. The molecule has 170 valence electrons. The minimum atomic E-state index is -0.720. The van der Waals surface area contributed by atoms with E-state index in [2.05, 4.69) is 30.1 Å². The Bertz CT molecular complexity index is 1220. The summed E-state index contributed by atoms with van der Waals surface area (Å²) in [5, 5.41) is 17.7. The number of carboxylic acid groups (broad SMARTS) is 1. The Morgan fingerprint density at radius 2 is 2.03 bits per heavy atom. The maximum Gasteiger partial charge on any atom is 0.306 e. The van der Waals surface area contributed by atoms with Gasteiger partial charge in [-0.3, -0.25) is 14.5 Å². The molecule has 8 heteroatoms. The van der Waals surface area contributed by atoms with Crippen LogP contribution in [0, 0.1) is 5.92 Å². The number of hydrogen-bond acceptors (Lipinski definition) is 5. The van der Waals surface area contributed by atoms with Gasteiger partial charge in [0.2, 0.25) is 0 Å². The van der Waals surface area contributed by atoms with E-state index in [0.29, 0.717) is 35.9 Å². The van der Waals surface area contributed by atoms with Crippen LogP contribution >= 0.6 is 0 Å². The predicted octanol–water partition coefficient (Wildman–Crippen LogP) is 4.44. The van der Waals surface area contributed by atoms with Crippen LogP contribution in [0.3, 0.4) is 0 Å². The first-order valence-corrected chi connectivity index (χ1v) is 11.5. The van der Waals surface area contributed by atoms with Crippen molar-refractivity contribution in [1.82, 2.24) is 19.7 Å². The number of pyridine rings is 1. The van der Waals surface area contributed by atoms with Crippen molar-refractivity contribution in [3.05, 3.63) is 59.4 Å². The van der Waals surface area contributed by atoms with Gasteiger partial charge in [0.15, 0.2) is 5.82 Å². The van der Waals surface area contributed by atoms with Gasteiger partial charge < -0.3 is 9.67 Å². The third kappa shape index (κ3) is 3.90. The smallest absolute Gasteiger partial charge is 0.306 e. The number of benzene rings is 1. The Kier molecular flexibility index (Phi) is 5.44. The number of amides is 1. The van der Waals surface area contributed by atoms with Crippen molar-refractivity contribution in [2.75, 3.05) is 4.90 Å². The Morgan fingerprint density at radius 3 is 2.82 bits per heavy atom. The van der Waals surface area contributed by atoms with E-state index in [0.717, 1.165) is 30.4 Å². The highest BCUT2D eigenvalue weighted by Gasteiger charge is 2.32. The summed E-state index contributed by atoms with van der Waals surface area (Å²) in [7, 11) is 0. The van der Waals surface area contributed by atoms with Crippen LogP contribution in [-0.2, 0) is 11.3 Å². The van der Waals surface area contributed by atoms with E-state index in [1.54, 1.807) is 11.2 Å². The van der Waals surface area contributed by atoms with Crippen molar-refractivity contribution >= 4 is 17.7 Å². The first kappa shape index (κ1) is 21.3. The maximum atomic E-state index is 13.3. The fourth-order valence-electron chi connectivity index (χ4n) is 4.98. The molecule has 1 amide bonds. The normalized spacial score (nSPS) is 20.3. The summed E-state index contributed by atoms with van der Waals surface area (Å²) in [6.45, 7) is 4.57. The molecule has 8 nitrogen and oxygen atoms in total. The van der Waals surface area contributed by atoms with E-state index < -0.39 is 5.97 Å². The van der Waals surface area contributed by atoms with Gasteiger partial charge in [-0.15, -0.1) is 10.2 Å². The van der Waals surface area contributed by atoms with Gasteiger partial charge in [-0.05, 0) is 68.4 Å². The number of hydrogen-bond donors (Lipinski definition) is 1. The molecule has 2 atom stereocenters. The molecule has 1 aromatic carbocycles. The molecule has 1 aliphatic heterocycles. The lowest BCUT2D eigenvalue weighted by molar-refractivity contribution is -0.143. The van der Waals surface area contributed by atoms with Crippen LogP contribution in [0.15, 0.2) is 42.7 Å². The molecule has 5 rings (SSSR count). The highest BCUT2D eigenvalue weighted by Crippen LogP contribution is 2.38. The average molecular weight is 446 g/mol. The number of fused-ring (bicyclic) bond motifs is 1. The van der Waals surface area contributed by atoms with Crippen LogP contribution in [0.4, 0.5) is 5.82 Å². The van der Waals surface area contributed by atoms with Gasteiger partial charge >= 0.3 is 5.97 Å². The highest BCUT2D eigenvalue weighted by atomic mass is 16.4. The molecule has 2 aromatic heterocycles. The number of carbonyl (C=O) groups is 2. The SMILES string of the molecule is CC(C)n1cnnc1-c1cccc(N2Cc3ccc(C4CCCC(C(=O)O)C4)cc3C2=O)n1. The number of aromatic nitrogens is 4. The molecule has 2 aliphatic rings. The van der Waals surface area contributed by atoms with E-state index in [9.17, 15) is 14.7 Å². The quantitative estimate of drug-likeness (QED) is 0.623. The minimum absolute atomic E-state index is 0.0765. The fourth-order valence-corrected chi connectivity index (χ4v) is 4.98. The summed E-state index contributed by atoms with van der Waals surface area (Å²) in [4.78, 5) is 31.2. The molecular formula is C25H27N5O3. The number of aliphatic carboxylic acids is 1. The lowest BCUT2D eigenvalue weighted by Gasteiger charge is -2.27. The van der Waals surface area contributed by atoms with E-state index >= 15 is 0 Å². The van der Waals surface area contributed by atoms with Crippen LogP contribution in [0.2, 0.25) is 0 Å². The zero-order valence-corrected chi connectivity index (χ0v) is 18.8. The Morgan fingerprint density at radius 1 is 1.18 bits per heavy atom. The molecule has 1 N–H and O–H groups in total.